The fraction of sp³-hybridized carbons (Fsp3) is 0.500. The van der Waals surface area contributed by atoms with Gasteiger partial charge >= 0.3 is 0 Å². The lowest BCUT2D eigenvalue weighted by molar-refractivity contribution is 0.262. The molecular weight excluding hydrogens is 212 g/mol. The van der Waals surface area contributed by atoms with Crippen molar-refractivity contribution in [2.45, 2.75) is 39.7 Å². The minimum absolute atomic E-state index is 0.0700. The van der Waals surface area contributed by atoms with Crippen LogP contribution in [0.1, 0.15) is 33.1 Å². The summed E-state index contributed by atoms with van der Waals surface area (Å²) in [6.07, 6.45) is 1.74. The van der Waals surface area contributed by atoms with Gasteiger partial charge in [-0.25, -0.2) is 4.98 Å². The highest BCUT2D eigenvalue weighted by Gasteiger charge is 2.26. The molecule has 1 unspecified atom stereocenters. The van der Waals surface area contributed by atoms with Crippen molar-refractivity contribution in [3.05, 3.63) is 30.2 Å². The van der Waals surface area contributed by atoms with E-state index in [2.05, 4.69) is 25.8 Å². The molecule has 3 nitrogen and oxygen atoms in total. The van der Waals surface area contributed by atoms with E-state index in [9.17, 15) is 0 Å². The molecule has 0 aliphatic carbocycles. The summed E-state index contributed by atoms with van der Waals surface area (Å²) in [5.74, 6) is 0.736. The van der Waals surface area contributed by atoms with Gasteiger partial charge in [-0.1, -0.05) is 32.9 Å². The SMILES string of the molecule is CCC(C)(C)C(N)Cc1nc2ccccc2o1. The molecule has 2 rings (SSSR count). The lowest BCUT2D eigenvalue weighted by Crippen LogP contribution is -2.38. The molecule has 0 saturated carbocycles. The Morgan fingerprint density at radius 2 is 2.06 bits per heavy atom. The normalized spacial score (nSPS) is 14.1. The third-order valence-corrected chi connectivity index (χ3v) is 3.65. The van der Waals surface area contributed by atoms with Gasteiger partial charge in [-0.15, -0.1) is 0 Å². The molecule has 3 heteroatoms. The molecule has 1 aromatic heterocycles. The van der Waals surface area contributed by atoms with E-state index in [1.807, 2.05) is 24.3 Å². The highest BCUT2D eigenvalue weighted by molar-refractivity contribution is 5.72. The third kappa shape index (κ3) is 2.50. The molecule has 0 radical (unpaired) electrons. The Hall–Kier alpha value is -1.35. The number of nitrogens with two attached hydrogens (primary N) is 1. The number of hydrogen-bond acceptors (Lipinski definition) is 3. The van der Waals surface area contributed by atoms with Crippen LogP contribution in [0.4, 0.5) is 0 Å². The van der Waals surface area contributed by atoms with Crippen LogP contribution in [0.2, 0.25) is 0 Å². The van der Waals surface area contributed by atoms with E-state index in [1.165, 1.54) is 0 Å². The smallest absolute Gasteiger partial charge is 0.197 e. The van der Waals surface area contributed by atoms with E-state index in [4.69, 9.17) is 10.2 Å². The molecule has 0 aliphatic rings. The fourth-order valence-electron chi connectivity index (χ4n) is 1.73. The largest absolute Gasteiger partial charge is 0.441 e. The molecule has 92 valence electrons. The van der Waals surface area contributed by atoms with Crippen LogP contribution >= 0.6 is 0 Å². The van der Waals surface area contributed by atoms with Crippen molar-refractivity contribution < 1.29 is 4.42 Å². The van der Waals surface area contributed by atoms with Gasteiger partial charge in [-0.3, -0.25) is 0 Å². The lowest BCUT2D eigenvalue weighted by atomic mass is 9.81. The maximum Gasteiger partial charge on any atom is 0.197 e. The van der Waals surface area contributed by atoms with Crippen LogP contribution in [-0.4, -0.2) is 11.0 Å². The van der Waals surface area contributed by atoms with E-state index in [1.54, 1.807) is 0 Å². The molecule has 0 bridgehead atoms. The molecule has 0 saturated heterocycles. The first kappa shape index (κ1) is 12.1. The van der Waals surface area contributed by atoms with Crippen molar-refractivity contribution in [2.24, 2.45) is 11.1 Å². The zero-order chi connectivity index (χ0) is 12.5. The van der Waals surface area contributed by atoms with Gasteiger partial charge in [0, 0.05) is 12.5 Å². The van der Waals surface area contributed by atoms with Gasteiger partial charge < -0.3 is 10.2 Å². The third-order valence-electron chi connectivity index (χ3n) is 3.65. The van der Waals surface area contributed by atoms with E-state index < -0.39 is 0 Å². The van der Waals surface area contributed by atoms with Crippen LogP contribution in [0, 0.1) is 5.41 Å². The van der Waals surface area contributed by atoms with E-state index in [0.717, 1.165) is 23.4 Å². The summed E-state index contributed by atoms with van der Waals surface area (Å²) in [5.41, 5.74) is 8.07. The number of oxazole rings is 1. The number of rotatable bonds is 4. The van der Waals surface area contributed by atoms with Crippen LogP contribution in [0.5, 0.6) is 0 Å². The van der Waals surface area contributed by atoms with Gasteiger partial charge in [0.15, 0.2) is 11.5 Å². The number of nitrogens with zero attached hydrogens (tertiary/aromatic N) is 1. The van der Waals surface area contributed by atoms with Crippen LogP contribution in [-0.2, 0) is 6.42 Å². The predicted molar refractivity (Wildman–Crippen MR) is 69.8 cm³/mol. The summed E-state index contributed by atoms with van der Waals surface area (Å²) in [4.78, 5) is 4.45. The topological polar surface area (TPSA) is 52.0 Å². The van der Waals surface area contributed by atoms with Gasteiger partial charge in [0.05, 0.1) is 0 Å². The van der Waals surface area contributed by atoms with E-state index >= 15 is 0 Å². The number of hydrogen-bond donors (Lipinski definition) is 1. The first-order valence-electron chi connectivity index (χ1n) is 6.13. The van der Waals surface area contributed by atoms with Gasteiger partial charge in [-0.2, -0.15) is 0 Å². The number of fused-ring (bicyclic) bond motifs is 1. The fourth-order valence-corrected chi connectivity index (χ4v) is 1.73. The summed E-state index contributed by atoms with van der Waals surface area (Å²) in [5, 5.41) is 0. The average molecular weight is 232 g/mol. The van der Waals surface area contributed by atoms with E-state index in [-0.39, 0.29) is 11.5 Å². The quantitative estimate of drug-likeness (QED) is 0.881. The Morgan fingerprint density at radius 3 is 2.71 bits per heavy atom. The van der Waals surface area contributed by atoms with Crippen molar-refractivity contribution in [3.63, 3.8) is 0 Å². The van der Waals surface area contributed by atoms with Crippen molar-refractivity contribution in [2.75, 3.05) is 0 Å². The molecule has 2 N–H and O–H groups in total. The molecule has 1 heterocycles. The van der Waals surface area contributed by atoms with Gasteiger partial charge in [-0.05, 0) is 24.0 Å². The van der Waals surface area contributed by atoms with Crippen LogP contribution < -0.4 is 5.73 Å². The first-order chi connectivity index (χ1) is 8.03. The Morgan fingerprint density at radius 1 is 1.35 bits per heavy atom. The summed E-state index contributed by atoms with van der Waals surface area (Å²) in [6, 6.07) is 7.87. The van der Waals surface area contributed by atoms with Gasteiger partial charge in [0.2, 0.25) is 0 Å². The number of aromatic nitrogens is 1. The second-order valence-corrected chi connectivity index (χ2v) is 5.23. The van der Waals surface area contributed by atoms with Crippen LogP contribution in [0.3, 0.4) is 0 Å². The molecule has 0 spiro atoms. The molecule has 0 aliphatic heterocycles. The van der Waals surface area contributed by atoms with Gasteiger partial charge in [0.25, 0.3) is 0 Å². The summed E-state index contributed by atoms with van der Waals surface area (Å²) in [6.45, 7) is 6.52. The molecule has 0 fully saturated rings. The zero-order valence-corrected chi connectivity index (χ0v) is 10.7. The summed E-state index contributed by atoms with van der Waals surface area (Å²) >= 11 is 0. The van der Waals surface area contributed by atoms with Crippen molar-refractivity contribution in [3.8, 4) is 0 Å². The minimum atomic E-state index is 0.0700. The molecule has 1 aromatic carbocycles. The second kappa shape index (κ2) is 4.49. The Labute approximate surface area is 102 Å². The first-order valence-corrected chi connectivity index (χ1v) is 6.13. The standard InChI is InChI=1S/C14H20N2O/c1-4-14(2,3)12(15)9-13-16-10-7-5-6-8-11(10)17-13/h5-8,12H,4,9,15H2,1-3H3. The van der Waals surface area contributed by atoms with Crippen molar-refractivity contribution in [1.29, 1.82) is 0 Å². The van der Waals surface area contributed by atoms with Crippen molar-refractivity contribution in [1.82, 2.24) is 4.98 Å². The Bertz CT molecular complexity index is 469. The maximum absolute atomic E-state index is 6.22. The average Bonchev–Trinajstić information content (AvgIpc) is 2.70. The second-order valence-electron chi connectivity index (χ2n) is 5.23. The highest BCUT2D eigenvalue weighted by Crippen LogP contribution is 2.26. The predicted octanol–water partition coefficient (Wildman–Crippen LogP) is 3.13. The molecule has 0 amide bonds. The van der Waals surface area contributed by atoms with Crippen LogP contribution in [0.15, 0.2) is 28.7 Å². The number of para-hydroxylation sites is 2. The van der Waals surface area contributed by atoms with E-state index in [0.29, 0.717) is 6.42 Å². The lowest BCUT2D eigenvalue weighted by Gasteiger charge is -2.29. The minimum Gasteiger partial charge on any atom is -0.441 e. The highest BCUT2D eigenvalue weighted by atomic mass is 16.3. The summed E-state index contributed by atoms with van der Waals surface area (Å²) < 4.78 is 5.69. The molecule has 17 heavy (non-hydrogen) atoms. The molecule has 1 atom stereocenters. The Balaban J connectivity index is 2.18. The molecular formula is C14H20N2O. The molecule has 2 aromatic rings. The summed E-state index contributed by atoms with van der Waals surface area (Å²) in [7, 11) is 0. The Kier molecular flexibility index (Phi) is 3.20. The monoisotopic (exact) mass is 232 g/mol. The maximum atomic E-state index is 6.22. The van der Waals surface area contributed by atoms with Crippen molar-refractivity contribution >= 4 is 11.1 Å². The zero-order valence-electron chi connectivity index (χ0n) is 10.7. The van der Waals surface area contributed by atoms with Gasteiger partial charge in [0.1, 0.15) is 5.52 Å². The number of benzene rings is 1. The van der Waals surface area contributed by atoms with Crippen LogP contribution in [0.25, 0.3) is 11.1 Å².